The van der Waals surface area contributed by atoms with Crippen molar-refractivity contribution < 1.29 is 4.74 Å². The van der Waals surface area contributed by atoms with Gasteiger partial charge in [0, 0.05) is 28.7 Å². The highest BCUT2D eigenvalue weighted by atomic mass is 16.5. The lowest BCUT2D eigenvalue weighted by Crippen LogP contribution is -2.12. The lowest BCUT2D eigenvalue weighted by molar-refractivity contribution is 0.403. The van der Waals surface area contributed by atoms with E-state index in [-0.39, 0.29) is 11.8 Å². The van der Waals surface area contributed by atoms with Gasteiger partial charge >= 0.3 is 0 Å². The van der Waals surface area contributed by atoms with Crippen LogP contribution in [0.4, 0.5) is 5.69 Å². The zero-order valence-electron chi connectivity index (χ0n) is 19.8. The van der Waals surface area contributed by atoms with Gasteiger partial charge in [0.15, 0.2) is 0 Å². The fourth-order valence-corrected chi connectivity index (χ4v) is 5.05. The largest absolute Gasteiger partial charge is 0.496 e. The molecule has 2 N–H and O–H groups in total. The maximum atomic E-state index is 6.62. The summed E-state index contributed by atoms with van der Waals surface area (Å²) in [5.74, 6) is 0.846. The number of rotatable bonds is 7. The van der Waals surface area contributed by atoms with Crippen molar-refractivity contribution in [3.05, 3.63) is 167 Å². The summed E-state index contributed by atoms with van der Waals surface area (Å²) in [4.78, 5) is 0. The van der Waals surface area contributed by atoms with Gasteiger partial charge in [0.2, 0.25) is 0 Å². The number of benzene rings is 5. The molecule has 0 bridgehead atoms. The summed E-state index contributed by atoms with van der Waals surface area (Å²) in [5, 5.41) is 0. The van der Waals surface area contributed by atoms with E-state index in [9.17, 15) is 0 Å². The van der Waals surface area contributed by atoms with E-state index in [2.05, 4.69) is 133 Å². The third-order valence-corrected chi connectivity index (χ3v) is 6.53. The van der Waals surface area contributed by atoms with Crippen LogP contribution in [-0.4, -0.2) is 7.11 Å². The Labute approximate surface area is 207 Å². The number of methoxy groups -OCH3 is 1. The van der Waals surface area contributed by atoms with Crippen molar-refractivity contribution in [1.82, 2.24) is 0 Å². The van der Waals surface area contributed by atoms with Crippen LogP contribution >= 0.6 is 0 Å². The van der Waals surface area contributed by atoms with Crippen LogP contribution in [0.3, 0.4) is 0 Å². The third kappa shape index (κ3) is 4.69. The molecule has 0 aliphatic rings. The maximum Gasteiger partial charge on any atom is 0.127 e. The molecule has 0 saturated carbocycles. The molecule has 0 aromatic heterocycles. The molecule has 172 valence electrons. The lowest BCUT2D eigenvalue weighted by Gasteiger charge is -2.27. The van der Waals surface area contributed by atoms with Gasteiger partial charge in [0.25, 0.3) is 0 Å². The van der Waals surface area contributed by atoms with Gasteiger partial charge in [0.05, 0.1) is 7.11 Å². The standard InChI is InChI=1S/C33H29NO/c1-35-33-29(31(24-14-6-2-7-15-24)25-16-8-3-9-17-25)22-28(34)23-30(33)32(26-18-10-4-11-19-26)27-20-12-5-13-21-27/h2-23,31-32H,34H2,1H3. The maximum absolute atomic E-state index is 6.62. The molecule has 0 saturated heterocycles. The fraction of sp³-hybridized carbons (Fsp3) is 0.0909. The molecule has 0 aliphatic heterocycles. The minimum atomic E-state index is -0.0122. The molecule has 5 aromatic rings. The SMILES string of the molecule is COc1c(C(c2ccccc2)c2ccccc2)cc(N)cc1C(c1ccccc1)c1ccccc1. The number of nitrogens with two attached hydrogens (primary N) is 1. The first-order valence-corrected chi connectivity index (χ1v) is 11.9. The molecular weight excluding hydrogens is 426 g/mol. The second-order valence-corrected chi connectivity index (χ2v) is 8.74. The predicted octanol–water partition coefficient (Wildman–Crippen LogP) is 7.64. The average Bonchev–Trinajstić information content (AvgIpc) is 2.91. The van der Waals surface area contributed by atoms with Gasteiger partial charge in [-0.25, -0.2) is 0 Å². The Morgan fingerprint density at radius 1 is 0.486 bits per heavy atom. The monoisotopic (exact) mass is 455 g/mol. The number of anilines is 1. The molecule has 2 nitrogen and oxygen atoms in total. The van der Waals surface area contributed by atoms with Gasteiger partial charge in [-0.2, -0.15) is 0 Å². The summed E-state index contributed by atoms with van der Waals surface area (Å²) < 4.78 is 6.22. The zero-order valence-corrected chi connectivity index (χ0v) is 19.8. The molecule has 0 unspecified atom stereocenters. The summed E-state index contributed by atoms with van der Waals surface area (Å²) in [6.45, 7) is 0. The number of nitrogen functional groups attached to an aromatic ring is 1. The second kappa shape index (κ2) is 10.3. The molecule has 0 fully saturated rings. The van der Waals surface area contributed by atoms with Gasteiger partial charge in [-0.3, -0.25) is 0 Å². The van der Waals surface area contributed by atoms with E-state index in [0.717, 1.165) is 22.6 Å². The molecule has 0 atom stereocenters. The summed E-state index contributed by atoms with van der Waals surface area (Å²) in [5.41, 5.74) is 14.3. The van der Waals surface area contributed by atoms with Crippen molar-refractivity contribution in [2.75, 3.05) is 12.8 Å². The van der Waals surface area contributed by atoms with Crippen LogP contribution in [0.2, 0.25) is 0 Å². The molecule has 0 amide bonds. The molecule has 5 aromatic carbocycles. The van der Waals surface area contributed by atoms with Gasteiger partial charge < -0.3 is 10.5 Å². The van der Waals surface area contributed by atoms with Gasteiger partial charge in [-0.1, -0.05) is 121 Å². The lowest BCUT2D eigenvalue weighted by atomic mass is 9.79. The molecule has 2 heteroatoms. The topological polar surface area (TPSA) is 35.2 Å². The van der Waals surface area contributed by atoms with Crippen LogP contribution in [0.25, 0.3) is 0 Å². The summed E-state index contributed by atoms with van der Waals surface area (Å²) in [6, 6.07) is 46.4. The van der Waals surface area contributed by atoms with E-state index in [4.69, 9.17) is 10.5 Å². The average molecular weight is 456 g/mol. The third-order valence-electron chi connectivity index (χ3n) is 6.53. The van der Waals surface area contributed by atoms with Crippen molar-refractivity contribution in [2.24, 2.45) is 0 Å². The second-order valence-electron chi connectivity index (χ2n) is 8.74. The van der Waals surface area contributed by atoms with Crippen molar-refractivity contribution in [2.45, 2.75) is 11.8 Å². The van der Waals surface area contributed by atoms with Crippen molar-refractivity contribution in [1.29, 1.82) is 0 Å². The van der Waals surface area contributed by atoms with E-state index in [1.165, 1.54) is 22.3 Å². The summed E-state index contributed by atoms with van der Waals surface area (Å²) >= 11 is 0. The first-order valence-electron chi connectivity index (χ1n) is 11.9. The zero-order chi connectivity index (χ0) is 24.0. The molecule has 35 heavy (non-hydrogen) atoms. The fourth-order valence-electron chi connectivity index (χ4n) is 5.05. The normalized spacial score (nSPS) is 11.1. The van der Waals surface area contributed by atoms with Crippen LogP contribution in [0.1, 0.15) is 45.2 Å². The van der Waals surface area contributed by atoms with E-state index >= 15 is 0 Å². The van der Waals surface area contributed by atoms with Gasteiger partial charge in [-0.05, 0) is 34.4 Å². The molecule has 0 spiro atoms. The summed E-state index contributed by atoms with van der Waals surface area (Å²) in [6.07, 6.45) is 0. The minimum absolute atomic E-state index is 0.0122. The Kier molecular flexibility index (Phi) is 6.63. The molecule has 0 heterocycles. The first kappa shape index (κ1) is 22.5. The molecule has 0 aliphatic carbocycles. The van der Waals surface area contributed by atoms with E-state index in [1.807, 2.05) is 0 Å². The van der Waals surface area contributed by atoms with Crippen molar-refractivity contribution in [3.8, 4) is 5.75 Å². The van der Waals surface area contributed by atoms with Gasteiger partial charge in [0.1, 0.15) is 5.75 Å². The minimum Gasteiger partial charge on any atom is -0.496 e. The van der Waals surface area contributed by atoms with Crippen LogP contribution in [0, 0.1) is 0 Å². The van der Waals surface area contributed by atoms with Crippen LogP contribution in [-0.2, 0) is 0 Å². The van der Waals surface area contributed by atoms with Crippen LogP contribution in [0.5, 0.6) is 5.75 Å². The quantitative estimate of drug-likeness (QED) is 0.202. The van der Waals surface area contributed by atoms with Crippen molar-refractivity contribution in [3.63, 3.8) is 0 Å². The molecule has 0 radical (unpaired) electrons. The summed E-state index contributed by atoms with van der Waals surface area (Å²) in [7, 11) is 1.76. The highest BCUT2D eigenvalue weighted by molar-refractivity contribution is 5.63. The first-order chi connectivity index (χ1) is 17.3. The Hall–Kier alpha value is -4.30. The Bertz CT molecular complexity index is 1180. The Morgan fingerprint density at radius 2 is 0.771 bits per heavy atom. The molecular formula is C33H29NO. The van der Waals surface area contributed by atoms with Crippen LogP contribution in [0.15, 0.2) is 133 Å². The Morgan fingerprint density at radius 3 is 1.03 bits per heavy atom. The number of hydrogen-bond donors (Lipinski definition) is 1. The van der Waals surface area contributed by atoms with E-state index in [1.54, 1.807) is 7.11 Å². The smallest absolute Gasteiger partial charge is 0.127 e. The number of ether oxygens (including phenoxy) is 1. The molecule has 5 rings (SSSR count). The Balaban J connectivity index is 1.78. The van der Waals surface area contributed by atoms with Crippen LogP contribution < -0.4 is 10.5 Å². The van der Waals surface area contributed by atoms with Gasteiger partial charge in [-0.15, -0.1) is 0 Å². The highest BCUT2D eigenvalue weighted by Gasteiger charge is 2.27. The predicted molar refractivity (Wildman–Crippen MR) is 145 cm³/mol. The van der Waals surface area contributed by atoms with E-state index < -0.39 is 0 Å². The van der Waals surface area contributed by atoms with E-state index in [0.29, 0.717) is 0 Å². The highest BCUT2D eigenvalue weighted by Crippen LogP contribution is 2.45. The number of hydrogen-bond acceptors (Lipinski definition) is 2. The van der Waals surface area contributed by atoms with Crippen molar-refractivity contribution >= 4 is 5.69 Å².